The van der Waals surface area contributed by atoms with E-state index in [1.54, 1.807) is 18.2 Å². The van der Waals surface area contributed by atoms with Crippen LogP contribution in [0.1, 0.15) is 5.56 Å². The highest BCUT2D eigenvalue weighted by Crippen LogP contribution is 2.32. The molecule has 6 nitrogen and oxygen atoms in total. The van der Waals surface area contributed by atoms with Crippen molar-refractivity contribution in [2.45, 2.75) is 4.90 Å². The van der Waals surface area contributed by atoms with Crippen molar-refractivity contribution in [3.05, 3.63) is 35.2 Å². The quantitative estimate of drug-likeness (QED) is 0.782. The molecule has 2 rings (SSSR count). The van der Waals surface area contributed by atoms with Crippen molar-refractivity contribution in [2.24, 2.45) is 5.14 Å². The third kappa shape index (κ3) is 2.55. The summed E-state index contributed by atoms with van der Waals surface area (Å²) in [5, 5.41) is 5.84. The van der Waals surface area contributed by atoms with Crippen LogP contribution in [0.4, 0.5) is 0 Å². The summed E-state index contributed by atoms with van der Waals surface area (Å²) in [4.78, 5) is 0.186. The summed E-state index contributed by atoms with van der Waals surface area (Å²) in [7, 11) is -7.30. The highest BCUT2D eigenvalue weighted by Gasteiger charge is 2.26. The molecule has 3 N–H and O–H groups in total. The number of nitrogens with one attached hydrogen (secondary N) is 1. The zero-order chi connectivity index (χ0) is 12.7. The second-order valence-corrected chi connectivity index (χ2v) is 6.69. The van der Waals surface area contributed by atoms with Crippen LogP contribution in [0.3, 0.4) is 0 Å². The number of hydrogen-bond donors (Lipinski definition) is 2. The van der Waals surface area contributed by atoms with E-state index in [1.165, 1.54) is 6.07 Å². The van der Waals surface area contributed by atoms with E-state index in [4.69, 9.17) is 5.14 Å². The molecule has 17 heavy (non-hydrogen) atoms. The molecule has 0 saturated heterocycles. The number of hydrogen-bond acceptors (Lipinski definition) is 4. The van der Waals surface area contributed by atoms with Gasteiger partial charge in [0.25, 0.3) is 10.2 Å². The smallest absolute Gasteiger partial charge is 0.219 e. The molecule has 0 aliphatic carbocycles. The second kappa shape index (κ2) is 3.91. The molecule has 0 bridgehead atoms. The van der Waals surface area contributed by atoms with E-state index in [0.29, 0.717) is 11.1 Å². The molecule has 92 valence electrons. The van der Waals surface area contributed by atoms with Crippen LogP contribution in [0.15, 0.2) is 34.6 Å². The molecule has 0 spiro atoms. The Morgan fingerprint density at radius 2 is 1.88 bits per heavy atom. The zero-order valence-corrected chi connectivity index (χ0v) is 10.3. The molecule has 8 heteroatoms. The first kappa shape index (κ1) is 12.2. The molecule has 1 aliphatic heterocycles. The maximum atomic E-state index is 11.7. The van der Waals surface area contributed by atoms with E-state index >= 15 is 0 Å². The lowest BCUT2D eigenvalue weighted by Crippen LogP contribution is -2.31. The summed E-state index contributed by atoms with van der Waals surface area (Å²) in [6, 6.07) is 6.40. The number of rotatable bonds is 3. The highest BCUT2D eigenvalue weighted by atomic mass is 32.2. The molecule has 0 atom stereocenters. The number of sulfone groups is 1. The van der Waals surface area contributed by atoms with Crippen molar-refractivity contribution in [1.29, 1.82) is 0 Å². The molecule has 0 amide bonds. The van der Waals surface area contributed by atoms with Crippen LogP contribution in [-0.2, 0) is 20.0 Å². The van der Waals surface area contributed by atoms with Crippen molar-refractivity contribution in [1.82, 2.24) is 4.72 Å². The lowest BCUT2D eigenvalue weighted by molar-refractivity contribution is 0.587. The number of fused-ring (bicyclic) bond motifs is 1. The fraction of sp³-hybridized carbons (Fsp3) is 0.111. The molecule has 0 fully saturated rings. The van der Waals surface area contributed by atoms with Crippen molar-refractivity contribution in [3.8, 4) is 0 Å². The predicted octanol–water partition coefficient (Wildman–Crippen LogP) is -0.392. The molecule has 1 aromatic rings. The zero-order valence-electron chi connectivity index (χ0n) is 8.62. The monoisotopic (exact) mass is 274 g/mol. The van der Waals surface area contributed by atoms with E-state index in [0.717, 1.165) is 5.41 Å². The summed E-state index contributed by atoms with van der Waals surface area (Å²) < 4.78 is 47.0. The summed E-state index contributed by atoms with van der Waals surface area (Å²) in [5.74, 6) is 0. The SMILES string of the molecule is NS(=O)(=O)NCC1=CS(=O)(=O)c2ccccc21. The van der Waals surface area contributed by atoms with Gasteiger partial charge in [-0.2, -0.15) is 13.1 Å². The van der Waals surface area contributed by atoms with Crippen LogP contribution in [0, 0.1) is 0 Å². The van der Waals surface area contributed by atoms with Gasteiger partial charge in [0.1, 0.15) is 0 Å². The van der Waals surface area contributed by atoms with E-state index in [-0.39, 0.29) is 11.4 Å². The van der Waals surface area contributed by atoms with Gasteiger partial charge in [-0.05, 0) is 17.2 Å². The van der Waals surface area contributed by atoms with E-state index in [1.807, 2.05) is 0 Å². The van der Waals surface area contributed by atoms with E-state index in [2.05, 4.69) is 4.72 Å². The fourth-order valence-electron chi connectivity index (χ4n) is 1.61. The van der Waals surface area contributed by atoms with Gasteiger partial charge >= 0.3 is 0 Å². The van der Waals surface area contributed by atoms with Crippen LogP contribution in [-0.4, -0.2) is 23.4 Å². The average Bonchev–Trinajstić information content (AvgIpc) is 2.48. The summed E-state index contributed by atoms with van der Waals surface area (Å²) >= 11 is 0. The Bertz CT molecular complexity index is 689. The Hall–Kier alpha value is -1.22. The van der Waals surface area contributed by atoms with E-state index < -0.39 is 20.0 Å². The van der Waals surface area contributed by atoms with Crippen LogP contribution in [0.25, 0.3) is 5.57 Å². The van der Waals surface area contributed by atoms with Crippen molar-refractivity contribution in [2.75, 3.05) is 6.54 Å². The molecule has 1 aliphatic rings. The van der Waals surface area contributed by atoms with Gasteiger partial charge in [0, 0.05) is 12.0 Å². The summed E-state index contributed by atoms with van der Waals surface area (Å²) in [6.45, 7) is -0.144. The maximum absolute atomic E-state index is 11.7. The Morgan fingerprint density at radius 3 is 2.53 bits per heavy atom. The average molecular weight is 274 g/mol. The lowest BCUT2D eigenvalue weighted by Gasteiger charge is -2.04. The topological polar surface area (TPSA) is 106 Å². The van der Waals surface area contributed by atoms with Gasteiger partial charge in [0.15, 0.2) is 0 Å². The summed E-state index contributed by atoms with van der Waals surface area (Å²) in [6.07, 6.45) is 0. The Balaban J connectivity index is 2.39. The molecular formula is C9H10N2O4S2. The molecular weight excluding hydrogens is 264 g/mol. The molecule has 0 radical (unpaired) electrons. The predicted molar refractivity (Wildman–Crippen MR) is 62.7 cm³/mol. The third-order valence-corrected chi connectivity index (χ3v) is 4.41. The van der Waals surface area contributed by atoms with Gasteiger partial charge in [-0.25, -0.2) is 13.6 Å². The molecule has 0 aromatic heterocycles. The third-order valence-electron chi connectivity index (χ3n) is 2.30. The van der Waals surface area contributed by atoms with Crippen molar-refractivity contribution < 1.29 is 16.8 Å². The standard InChI is InChI=1S/C9H10N2O4S2/c10-17(14,15)11-5-7-6-16(12,13)9-4-2-1-3-8(7)9/h1-4,6,11H,5H2,(H2,10,14,15). The molecule has 0 saturated carbocycles. The minimum Gasteiger partial charge on any atom is -0.219 e. The van der Waals surface area contributed by atoms with Crippen LogP contribution in [0.5, 0.6) is 0 Å². The first-order chi connectivity index (χ1) is 7.80. The molecule has 0 unspecified atom stereocenters. The fourth-order valence-corrected chi connectivity index (χ4v) is 3.45. The van der Waals surface area contributed by atoms with Gasteiger partial charge in [-0.1, -0.05) is 18.2 Å². The normalized spacial score (nSPS) is 17.6. The lowest BCUT2D eigenvalue weighted by atomic mass is 10.1. The number of benzene rings is 1. The van der Waals surface area contributed by atoms with Crippen molar-refractivity contribution >= 4 is 25.6 Å². The Kier molecular flexibility index (Phi) is 2.82. The van der Waals surface area contributed by atoms with Gasteiger partial charge in [-0.15, -0.1) is 0 Å². The van der Waals surface area contributed by atoms with Crippen LogP contribution in [0.2, 0.25) is 0 Å². The Morgan fingerprint density at radius 1 is 1.24 bits per heavy atom. The largest absolute Gasteiger partial charge is 0.274 e. The van der Waals surface area contributed by atoms with Gasteiger partial charge in [-0.3, -0.25) is 0 Å². The van der Waals surface area contributed by atoms with Crippen molar-refractivity contribution in [3.63, 3.8) is 0 Å². The van der Waals surface area contributed by atoms with E-state index in [9.17, 15) is 16.8 Å². The van der Waals surface area contributed by atoms with Gasteiger partial charge < -0.3 is 0 Å². The minimum atomic E-state index is -3.84. The summed E-state index contributed by atoms with van der Waals surface area (Å²) in [5.41, 5.74) is 0.887. The van der Waals surface area contributed by atoms with Gasteiger partial charge in [0.2, 0.25) is 9.84 Å². The first-order valence-corrected chi connectivity index (χ1v) is 7.71. The second-order valence-electron chi connectivity index (χ2n) is 3.55. The van der Waals surface area contributed by atoms with Crippen LogP contribution < -0.4 is 9.86 Å². The number of nitrogens with two attached hydrogens (primary N) is 1. The molecule has 1 aromatic carbocycles. The Labute approximate surface area is 99.2 Å². The first-order valence-electron chi connectivity index (χ1n) is 4.62. The maximum Gasteiger partial charge on any atom is 0.274 e. The highest BCUT2D eigenvalue weighted by molar-refractivity contribution is 7.95. The minimum absolute atomic E-state index is 0.144. The van der Waals surface area contributed by atoms with Gasteiger partial charge in [0.05, 0.1) is 4.90 Å². The molecule has 1 heterocycles. The van der Waals surface area contributed by atoms with Crippen LogP contribution >= 0.6 is 0 Å².